The third kappa shape index (κ3) is 5.56. The Bertz CT molecular complexity index is 321. The second-order valence-corrected chi connectivity index (χ2v) is 5.50. The van der Waals surface area contributed by atoms with E-state index in [4.69, 9.17) is 14.2 Å². The summed E-state index contributed by atoms with van der Waals surface area (Å²) in [6.07, 6.45) is 0.446. The second kappa shape index (κ2) is 9.64. The molecule has 5 nitrogen and oxygen atoms in total. The Hall–Kier alpha value is -1.26. The monoisotopic (exact) mass is 302 g/mol. The molecule has 0 spiro atoms. The molecule has 0 saturated carbocycles. The van der Waals surface area contributed by atoms with E-state index in [0.717, 1.165) is 0 Å². The number of rotatable bonds is 9. The van der Waals surface area contributed by atoms with Gasteiger partial charge >= 0.3 is 12.1 Å². The molecule has 0 N–H and O–H groups in total. The van der Waals surface area contributed by atoms with Crippen molar-refractivity contribution in [3.8, 4) is 0 Å². The van der Waals surface area contributed by atoms with Crippen molar-refractivity contribution >= 4 is 12.1 Å². The first-order valence-corrected chi connectivity index (χ1v) is 7.88. The van der Waals surface area contributed by atoms with Gasteiger partial charge in [0.1, 0.15) is 11.5 Å². The zero-order valence-corrected chi connectivity index (χ0v) is 14.2. The maximum absolute atomic E-state index is 12.4. The Morgan fingerprint density at radius 1 is 0.952 bits per heavy atom. The highest BCUT2D eigenvalue weighted by molar-refractivity contribution is 5.78. The Balaban J connectivity index is 5.36. The highest BCUT2D eigenvalue weighted by atomic mass is 16.7. The summed E-state index contributed by atoms with van der Waals surface area (Å²) in [7, 11) is 0. The van der Waals surface area contributed by atoms with Crippen molar-refractivity contribution in [3.05, 3.63) is 0 Å². The summed E-state index contributed by atoms with van der Waals surface area (Å²) in [6, 6.07) is 0. The normalized spacial score (nSPS) is 12.9. The molecule has 0 aromatic carbocycles. The van der Waals surface area contributed by atoms with Crippen LogP contribution in [0, 0.1) is 11.3 Å². The minimum Gasteiger partial charge on any atom is -0.465 e. The molecule has 0 aliphatic carbocycles. The molecule has 0 aliphatic rings. The van der Waals surface area contributed by atoms with Gasteiger partial charge in [-0.1, -0.05) is 27.7 Å². The molecule has 0 saturated heterocycles. The summed E-state index contributed by atoms with van der Waals surface area (Å²) < 4.78 is 15.5. The van der Waals surface area contributed by atoms with Crippen LogP contribution in [0.5, 0.6) is 0 Å². The quantitative estimate of drug-likeness (QED) is 0.604. The second-order valence-electron chi connectivity index (χ2n) is 5.50. The Labute approximate surface area is 128 Å². The largest absolute Gasteiger partial charge is 0.508 e. The summed E-state index contributed by atoms with van der Waals surface area (Å²) >= 11 is 0. The van der Waals surface area contributed by atoms with E-state index in [-0.39, 0.29) is 18.5 Å². The van der Waals surface area contributed by atoms with Crippen LogP contribution in [0.25, 0.3) is 0 Å². The molecule has 0 heterocycles. The summed E-state index contributed by atoms with van der Waals surface area (Å²) in [6.45, 7) is 12.0. The van der Waals surface area contributed by atoms with E-state index in [2.05, 4.69) is 0 Å². The predicted molar refractivity (Wildman–Crippen MR) is 81.0 cm³/mol. The predicted octanol–water partition coefficient (Wildman–Crippen LogP) is 3.94. The first-order chi connectivity index (χ1) is 9.87. The van der Waals surface area contributed by atoms with E-state index in [1.807, 2.05) is 27.7 Å². The van der Waals surface area contributed by atoms with Crippen LogP contribution in [0.15, 0.2) is 0 Å². The van der Waals surface area contributed by atoms with Crippen LogP contribution in [0.3, 0.4) is 0 Å². The summed E-state index contributed by atoms with van der Waals surface area (Å²) in [4.78, 5) is 24.1. The SMILES string of the molecule is CCOC(=O)OC(CC(C)C)C(CC)(CC)C(=O)OCC. The van der Waals surface area contributed by atoms with Gasteiger partial charge in [0.15, 0.2) is 0 Å². The Kier molecular flexibility index (Phi) is 9.06. The maximum atomic E-state index is 12.4. The lowest BCUT2D eigenvalue weighted by Crippen LogP contribution is -2.46. The minimum atomic E-state index is -0.812. The third-order valence-electron chi connectivity index (χ3n) is 3.75. The van der Waals surface area contributed by atoms with Gasteiger partial charge in [0, 0.05) is 0 Å². The fourth-order valence-electron chi connectivity index (χ4n) is 2.48. The van der Waals surface area contributed by atoms with Crippen LogP contribution in [0.2, 0.25) is 0 Å². The van der Waals surface area contributed by atoms with Gasteiger partial charge in [0.25, 0.3) is 0 Å². The molecule has 124 valence electrons. The smallest absolute Gasteiger partial charge is 0.465 e. The van der Waals surface area contributed by atoms with Crippen LogP contribution in [-0.4, -0.2) is 31.4 Å². The molecule has 0 aliphatic heterocycles. The first-order valence-electron chi connectivity index (χ1n) is 7.88. The van der Waals surface area contributed by atoms with E-state index in [1.54, 1.807) is 13.8 Å². The average Bonchev–Trinajstić information content (AvgIpc) is 2.40. The van der Waals surface area contributed by atoms with Crippen LogP contribution < -0.4 is 0 Å². The number of esters is 1. The topological polar surface area (TPSA) is 61.8 Å². The summed E-state index contributed by atoms with van der Waals surface area (Å²) in [5, 5.41) is 0. The Morgan fingerprint density at radius 2 is 1.48 bits per heavy atom. The molecule has 21 heavy (non-hydrogen) atoms. The van der Waals surface area contributed by atoms with Gasteiger partial charge in [-0.25, -0.2) is 4.79 Å². The van der Waals surface area contributed by atoms with Gasteiger partial charge in [0.05, 0.1) is 13.2 Å². The van der Waals surface area contributed by atoms with Crippen molar-refractivity contribution in [3.63, 3.8) is 0 Å². The van der Waals surface area contributed by atoms with E-state index in [9.17, 15) is 9.59 Å². The fraction of sp³-hybridized carbons (Fsp3) is 0.875. The van der Waals surface area contributed by atoms with E-state index < -0.39 is 17.7 Å². The van der Waals surface area contributed by atoms with Crippen LogP contribution in [0.4, 0.5) is 4.79 Å². The van der Waals surface area contributed by atoms with Crippen molar-refractivity contribution in [2.75, 3.05) is 13.2 Å². The lowest BCUT2D eigenvalue weighted by molar-refractivity contribution is -0.166. The highest BCUT2D eigenvalue weighted by Gasteiger charge is 2.46. The van der Waals surface area contributed by atoms with Crippen molar-refractivity contribution in [1.29, 1.82) is 0 Å². The number of carbonyl (C=O) groups is 2. The maximum Gasteiger partial charge on any atom is 0.508 e. The lowest BCUT2D eigenvalue weighted by atomic mass is 9.74. The number of hydrogen-bond donors (Lipinski definition) is 0. The molecule has 1 atom stereocenters. The summed E-state index contributed by atoms with van der Waals surface area (Å²) in [5.41, 5.74) is -0.812. The van der Waals surface area contributed by atoms with Crippen LogP contribution in [-0.2, 0) is 19.0 Å². The molecule has 0 rings (SSSR count). The van der Waals surface area contributed by atoms with Gasteiger partial charge < -0.3 is 14.2 Å². The molecule has 0 radical (unpaired) electrons. The summed E-state index contributed by atoms with van der Waals surface area (Å²) in [5.74, 6) is -0.0127. The number of ether oxygens (including phenoxy) is 3. The molecule has 0 amide bonds. The molecule has 0 bridgehead atoms. The molecule has 0 aromatic heterocycles. The molecule has 0 fully saturated rings. The Morgan fingerprint density at radius 3 is 1.86 bits per heavy atom. The van der Waals surface area contributed by atoms with Crippen LogP contribution in [0.1, 0.15) is 60.8 Å². The van der Waals surface area contributed by atoms with Gasteiger partial charge in [-0.15, -0.1) is 0 Å². The number of hydrogen-bond acceptors (Lipinski definition) is 5. The van der Waals surface area contributed by atoms with Gasteiger partial charge in [-0.05, 0) is 39.0 Å². The molecular formula is C16H30O5. The van der Waals surface area contributed by atoms with Crippen molar-refractivity contribution in [1.82, 2.24) is 0 Å². The standard InChI is InChI=1S/C16H30O5/c1-7-16(8-2,14(17)19-9-3)13(11-12(5)6)21-15(18)20-10-4/h12-13H,7-11H2,1-6H3. The van der Waals surface area contributed by atoms with Crippen molar-refractivity contribution < 1.29 is 23.8 Å². The van der Waals surface area contributed by atoms with E-state index >= 15 is 0 Å². The third-order valence-corrected chi connectivity index (χ3v) is 3.75. The highest BCUT2D eigenvalue weighted by Crippen LogP contribution is 2.37. The minimum absolute atomic E-state index is 0.248. The van der Waals surface area contributed by atoms with Crippen molar-refractivity contribution in [2.24, 2.45) is 11.3 Å². The van der Waals surface area contributed by atoms with Crippen molar-refractivity contribution in [2.45, 2.75) is 66.9 Å². The molecule has 1 unspecified atom stereocenters. The number of carbonyl (C=O) groups excluding carboxylic acids is 2. The van der Waals surface area contributed by atoms with Crippen LogP contribution >= 0.6 is 0 Å². The van der Waals surface area contributed by atoms with Gasteiger partial charge in [-0.2, -0.15) is 0 Å². The first kappa shape index (κ1) is 19.7. The zero-order valence-electron chi connectivity index (χ0n) is 14.2. The molecular weight excluding hydrogens is 272 g/mol. The molecule has 0 aromatic rings. The van der Waals surface area contributed by atoms with E-state index in [0.29, 0.717) is 25.9 Å². The van der Waals surface area contributed by atoms with Gasteiger partial charge in [-0.3, -0.25) is 4.79 Å². The lowest BCUT2D eigenvalue weighted by Gasteiger charge is -2.37. The fourth-order valence-corrected chi connectivity index (χ4v) is 2.48. The average molecular weight is 302 g/mol. The zero-order chi connectivity index (χ0) is 16.5. The molecule has 5 heteroatoms. The van der Waals surface area contributed by atoms with Gasteiger partial charge in [0.2, 0.25) is 0 Å². The van der Waals surface area contributed by atoms with E-state index in [1.165, 1.54) is 0 Å².